The van der Waals surface area contributed by atoms with E-state index >= 15 is 0 Å². The van der Waals surface area contributed by atoms with E-state index in [0.717, 1.165) is 5.56 Å². The van der Waals surface area contributed by atoms with Crippen molar-refractivity contribution in [2.45, 2.75) is 63.1 Å². The number of hydrogen-bond donors (Lipinski definition) is 8. The summed E-state index contributed by atoms with van der Waals surface area (Å²) < 4.78 is 5.71. The van der Waals surface area contributed by atoms with Gasteiger partial charge < -0.3 is 47.5 Å². The Labute approximate surface area is 217 Å². The van der Waals surface area contributed by atoms with Gasteiger partial charge in [-0.05, 0) is 25.5 Å². The summed E-state index contributed by atoms with van der Waals surface area (Å²) in [6, 6.07) is 2.76. The number of rotatable bonds is 17. The van der Waals surface area contributed by atoms with Crippen molar-refractivity contribution in [1.82, 2.24) is 16.0 Å². The maximum atomic E-state index is 13.2. The van der Waals surface area contributed by atoms with E-state index in [4.69, 9.17) is 26.4 Å². The minimum absolute atomic E-state index is 0.0467. The molecule has 0 unspecified atom stereocenters. The molecule has 1 aromatic carbocycles. The molecule has 210 valence electrons. The average Bonchev–Trinajstić information content (AvgIpc) is 2.84. The lowest BCUT2D eigenvalue weighted by atomic mass is 10.1. The SMILES string of the molecule is C[C@@H](OCc1ccccc1)[C@H](NC(=O)[C@@H](N)CC(=O)O)C(=O)N[C@@H](CCN)C(=O)N[C@@H](CC(=O)O)C(=O)O. The van der Waals surface area contributed by atoms with Crippen LogP contribution in [-0.4, -0.2) is 87.8 Å². The number of aliphatic carboxylic acids is 3. The number of carbonyl (C=O) groups is 6. The molecule has 0 heterocycles. The quantitative estimate of drug-likeness (QED) is 0.104. The van der Waals surface area contributed by atoms with Crippen molar-refractivity contribution in [3.63, 3.8) is 0 Å². The Balaban J connectivity index is 3.08. The van der Waals surface area contributed by atoms with Crippen LogP contribution in [0, 0.1) is 0 Å². The van der Waals surface area contributed by atoms with Crippen molar-refractivity contribution in [3.8, 4) is 0 Å². The number of benzene rings is 1. The fraction of sp³-hybridized carbons (Fsp3) is 0.478. The second kappa shape index (κ2) is 15.9. The van der Waals surface area contributed by atoms with E-state index in [1.165, 1.54) is 6.92 Å². The van der Waals surface area contributed by atoms with E-state index in [9.17, 15) is 33.9 Å². The molecule has 15 heteroatoms. The first-order valence-corrected chi connectivity index (χ1v) is 11.5. The van der Waals surface area contributed by atoms with Crippen LogP contribution in [-0.2, 0) is 40.1 Å². The zero-order chi connectivity index (χ0) is 28.8. The summed E-state index contributed by atoms with van der Waals surface area (Å²) in [5, 5.41) is 33.7. The number of nitrogens with one attached hydrogen (secondary N) is 3. The first kappa shape index (κ1) is 31.9. The highest BCUT2D eigenvalue weighted by molar-refractivity contribution is 5.95. The van der Waals surface area contributed by atoms with Crippen LogP contribution in [0.5, 0.6) is 0 Å². The molecule has 0 fully saturated rings. The van der Waals surface area contributed by atoms with Crippen LogP contribution in [0.2, 0.25) is 0 Å². The second-order valence-corrected chi connectivity index (χ2v) is 8.33. The van der Waals surface area contributed by atoms with Gasteiger partial charge in [-0.1, -0.05) is 30.3 Å². The van der Waals surface area contributed by atoms with Crippen molar-refractivity contribution in [1.29, 1.82) is 0 Å². The zero-order valence-corrected chi connectivity index (χ0v) is 20.7. The van der Waals surface area contributed by atoms with Gasteiger partial charge in [-0.25, -0.2) is 4.79 Å². The molecule has 3 amide bonds. The van der Waals surface area contributed by atoms with Crippen LogP contribution in [0.1, 0.15) is 31.7 Å². The van der Waals surface area contributed by atoms with Crippen molar-refractivity contribution < 1.29 is 48.8 Å². The Hall–Kier alpha value is -4.08. The molecule has 0 aliphatic heterocycles. The first-order chi connectivity index (χ1) is 17.8. The van der Waals surface area contributed by atoms with E-state index in [-0.39, 0.29) is 19.6 Å². The number of nitrogens with two attached hydrogens (primary N) is 2. The summed E-state index contributed by atoms with van der Waals surface area (Å²) in [7, 11) is 0. The largest absolute Gasteiger partial charge is 0.481 e. The lowest BCUT2D eigenvalue weighted by Crippen LogP contribution is -2.60. The number of carboxylic acid groups (broad SMARTS) is 3. The molecular formula is C23H33N5O10. The molecule has 1 rings (SSSR count). The third-order valence-corrected chi connectivity index (χ3v) is 5.22. The summed E-state index contributed by atoms with van der Waals surface area (Å²) in [4.78, 5) is 71.5. The van der Waals surface area contributed by atoms with Crippen LogP contribution >= 0.6 is 0 Å². The molecule has 1 aromatic rings. The van der Waals surface area contributed by atoms with Crippen LogP contribution in [0.15, 0.2) is 30.3 Å². The minimum Gasteiger partial charge on any atom is -0.481 e. The van der Waals surface area contributed by atoms with Gasteiger partial charge in [-0.15, -0.1) is 0 Å². The number of amides is 3. The van der Waals surface area contributed by atoms with E-state index in [1.807, 2.05) is 5.32 Å². The van der Waals surface area contributed by atoms with Crippen molar-refractivity contribution in [3.05, 3.63) is 35.9 Å². The molecule has 0 aromatic heterocycles. The standard InChI is InChI=1S/C23H33N5O10/c1-12(38-11-13-5-3-2-4-6-13)19(28-20(33)14(25)9-17(29)30)22(35)26-15(7-8-24)21(34)27-16(23(36)37)10-18(31)32/h2-6,12,14-16,19H,7-11,24-25H2,1H3,(H,26,35)(H,27,34)(H,28,33)(H,29,30)(H,31,32)(H,36,37)/t12-,14+,15+,16+,19+/m1/s1. The van der Waals surface area contributed by atoms with Crippen molar-refractivity contribution in [2.75, 3.05) is 6.54 Å². The molecule has 0 aliphatic rings. The van der Waals surface area contributed by atoms with Gasteiger partial charge in [-0.3, -0.25) is 24.0 Å². The number of carbonyl (C=O) groups excluding carboxylic acids is 3. The summed E-state index contributed by atoms with van der Waals surface area (Å²) in [6.45, 7) is 1.39. The van der Waals surface area contributed by atoms with Crippen molar-refractivity contribution >= 4 is 35.6 Å². The summed E-state index contributed by atoms with van der Waals surface area (Å²) in [5.41, 5.74) is 11.9. The number of ether oxygens (including phenoxy) is 1. The molecule has 38 heavy (non-hydrogen) atoms. The molecule has 0 aliphatic carbocycles. The van der Waals surface area contributed by atoms with Crippen LogP contribution < -0.4 is 27.4 Å². The fourth-order valence-corrected chi connectivity index (χ4v) is 3.18. The van der Waals surface area contributed by atoms with Gasteiger partial charge in [0.2, 0.25) is 17.7 Å². The molecule has 0 spiro atoms. The Bertz CT molecular complexity index is 990. The van der Waals surface area contributed by atoms with Crippen LogP contribution in [0.3, 0.4) is 0 Å². The van der Waals surface area contributed by atoms with Gasteiger partial charge in [0.15, 0.2) is 0 Å². The normalized spacial score (nSPS) is 14.7. The maximum Gasteiger partial charge on any atom is 0.326 e. The van der Waals surface area contributed by atoms with Gasteiger partial charge in [0, 0.05) is 0 Å². The lowest BCUT2D eigenvalue weighted by molar-refractivity contribution is -0.147. The van der Waals surface area contributed by atoms with Gasteiger partial charge in [0.25, 0.3) is 0 Å². The Morgan fingerprint density at radius 3 is 1.95 bits per heavy atom. The summed E-state index contributed by atoms with van der Waals surface area (Å²) >= 11 is 0. The van der Waals surface area contributed by atoms with Crippen LogP contribution in [0.25, 0.3) is 0 Å². The smallest absolute Gasteiger partial charge is 0.326 e. The van der Waals surface area contributed by atoms with Gasteiger partial charge in [-0.2, -0.15) is 0 Å². The molecular weight excluding hydrogens is 506 g/mol. The topological polar surface area (TPSA) is 260 Å². The lowest BCUT2D eigenvalue weighted by Gasteiger charge is -2.28. The highest BCUT2D eigenvalue weighted by Crippen LogP contribution is 2.08. The predicted molar refractivity (Wildman–Crippen MR) is 130 cm³/mol. The van der Waals surface area contributed by atoms with E-state index in [2.05, 4.69) is 10.6 Å². The molecule has 0 bridgehead atoms. The van der Waals surface area contributed by atoms with E-state index in [1.54, 1.807) is 30.3 Å². The maximum absolute atomic E-state index is 13.2. The minimum atomic E-state index is -1.77. The molecule has 15 nitrogen and oxygen atoms in total. The number of carboxylic acids is 3. The average molecular weight is 540 g/mol. The highest BCUT2D eigenvalue weighted by atomic mass is 16.5. The van der Waals surface area contributed by atoms with Crippen LogP contribution in [0.4, 0.5) is 0 Å². The molecule has 5 atom stereocenters. The second-order valence-electron chi connectivity index (χ2n) is 8.33. The van der Waals surface area contributed by atoms with Crippen molar-refractivity contribution in [2.24, 2.45) is 11.5 Å². The van der Waals surface area contributed by atoms with E-state index < -0.39 is 78.7 Å². The predicted octanol–water partition coefficient (Wildman–Crippen LogP) is -2.24. The first-order valence-electron chi connectivity index (χ1n) is 11.5. The Kier molecular flexibility index (Phi) is 13.4. The molecule has 0 saturated heterocycles. The molecule has 0 saturated carbocycles. The third-order valence-electron chi connectivity index (χ3n) is 5.22. The van der Waals surface area contributed by atoms with Gasteiger partial charge in [0.1, 0.15) is 18.1 Å². The monoisotopic (exact) mass is 539 g/mol. The molecule has 10 N–H and O–H groups in total. The Morgan fingerprint density at radius 2 is 1.42 bits per heavy atom. The summed E-state index contributed by atoms with van der Waals surface area (Å²) in [5.74, 6) is -7.31. The highest BCUT2D eigenvalue weighted by Gasteiger charge is 2.34. The van der Waals surface area contributed by atoms with E-state index in [0.29, 0.717) is 0 Å². The fourth-order valence-electron chi connectivity index (χ4n) is 3.18. The zero-order valence-electron chi connectivity index (χ0n) is 20.7. The Morgan fingerprint density at radius 1 is 0.842 bits per heavy atom. The van der Waals surface area contributed by atoms with Gasteiger partial charge in [0.05, 0.1) is 31.6 Å². The summed E-state index contributed by atoms with van der Waals surface area (Å²) in [6.07, 6.45) is -2.78. The third kappa shape index (κ3) is 11.3. The van der Waals surface area contributed by atoms with Gasteiger partial charge >= 0.3 is 17.9 Å². The molecule has 0 radical (unpaired) electrons. The number of hydrogen-bond acceptors (Lipinski definition) is 9.